The molecule has 1 aromatic carbocycles. The molecule has 0 aliphatic heterocycles. The maximum atomic E-state index is 12.5. The molecule has 0 spiro atoms. The lowest BCUT2D eigenvalue weighted by molar-refractivity contribution is 0.0853. The molecule has 0 amide bonds. The lowest BCUT2D eigenvalue weighted by Gasteiger charge is -2.22. The Morgan fingerprint density at radius 2 is 1.75 bits per heavy atom. The smallest absolute Gasteiger partial charge is 0.171 e. The highest BCUT2D eigenvalue weighted by Crippen LogP contribution is 2.34. The molecule has 3 heteroatoms. The summed E-state index contributed by atoms with van der Waals surface area (Å²) in [4.78, 5) is 12.5. The Kier molecular flexibility index (Phi) is 5.26. The monoisotopic (exact) mass is 296 g/mol. The zero-order valence-electron chi connectivity index (χ0n) is 13.3. The van der Waals surface area contributed by atoms with Crippen LogP contribution in [0.25, 0.3) is 0 Å². The number of carbonyl (C=O) groups excluding carboxylic acids is 1. The fourth-order valence-electron chi connectivity index (χ4n) is 1.70. The van der Waals surface area contributed by atoms with E-state index in [1.165, 1.54) is 0 Å². The second kappa shape index (κ2) is 6.17. The maximum Gasteiger partial charge on any atom is 0.171 e. The van der Waals surface area contributed by atoms with Gasteiger partial charge < -0.3 is 4.74 Å². The van der Waals surface area contributed by atoms with Gasteiger partial charge in [-0.3, -0.25) is 4.79 Å². The lowest BCUT2D eigenvalue weighted by Crippen LogP contribution is -2.21. The summed E-state index contributed by atoms with van der Waals surface area (Å²) in [6, 6.07) is 5.33. The number of hydrogen-bond acceptors (Lipinski definition) is 2. The molecule has 0 fully saturated rings. The highest BCUT2D eigenvalue weighted by molar-refractivity contribution is 6.32. The van der Waals surface area contributed by atoms with Crippen LogP contribution in [-0.4, -0.2) is 12.4 Å². The van der Waals surface area contributed by atoms with Crippen molar-refractivity contribution in [3.8, 4) is 5.75 Å². The van der Waals surface area contributed by atoms with Crippen molar-refractivity contribution >= 4 is 17.4 Å². The number of para-hydroxylation sites is 1. The standard InChI is InChI=1S/C17H25ClO2/c1-16(2,3)10-11-20-14-12(8-7-9-13(14)18)15(19)17(4,5)6/h7-9H,10-11H2,1-6H3. The fourth-order valence-corrected chi connectivity index (χ4v) is 1.93. The van der Waals surface area contributed by atoms with E-state index in [0.717, 1.165) is 6.42 Å². The molecule has 0 N–H and O–H groups in total. The highest BCUT2D eigenvalue weighted by Gasteiger charge is 2.27. The van der Waals surface area contributed by atoms with Crippen LogP contribution in [0.5, 0.6) is 5.75 Å². The summed E-state index contributed by atoms with van der Waals surface area (Å²) in [6.07, 6.45) is 0.904. The van der Waals surface area contributed by atoms with Gasteiger partial charge in [0.05, 0.1) is 17.2 Å². The average Bonchev–Trinajstić information content (AvgIpc) is 2.27. The zero-order valence-corrected chi connectivity index (χ0v) is 14.1. The van der Waals surface area contributed by atoms with Gasteiger partial charge in [0, 0.05) is 5.41 Å². The number of carbonyl (C=O) groups is 1. The Labute approximate surface area is 127 Å². The van der Waals surface area contributed by atoms with Crippen LogP contribution in [0.4, 0.5) is 0 Å². The van der Waals surface area contributed by atoms with Gasteiger partial charge >= 0.3 is 0 Å². The van der Waals surface area contributed by atoms with E-state index < -0.39 is 5.41 Å². The Balaban J connectivity index is 2.98. The molecular weight excluding hydrogens is 272 g/mol. The molecular formula is C17H25ClO2. The van der Waals surface area contributed by atoms with E-state index >= 15 is 0 Å². The van der Waals surface area contributed by atoms with Crippen molar-refractivity contribution in [1.82, 2.24) is 0 Å². The second-order valence-electron chi connectivity index (χ2n) is 7.35. The minimum absolute atomic E-state index is 0.0470. The van der Waals surface area contributed by atoms with E-state index in [2.05, 4.69) is 20.8 Å². The van der Waals surface area contributed by atoms with Gasteiger partial charge in [-0.15, -0.1) is 0 Å². The lowest BCUT2D eigenvalue weighted by atomic mass is 9.86. The largest absolute Gasteiger partial charge is 0.491 e. The predicted octanol–water partition coefficient (Wildman–Crippen LogP) is 5.38. The van der Waals surface area contributed by atoms with Crippen LogP contribution in [0.15, 0.2) is 18.2 Å². The molecule has 0 aromatic heterocycles. The first-order valence-corrected chi connectivity index (χ1v) is 7.36. The van der Waals surface area contributed by atoms with Crippen LogP contribution in [0.2, 0.25) is 5.02 Å². The molecule has 2 nitrogen and oxygen atoms in total. The van der Waals surface area contributed by atoms with Crippen molar-refractivity contribution in [2.24, 2.45) is 10.8 Å². The van der Waals surface area contributed by atoms with Crippen LogP contribution in [0.3, 0.4) is 0 Å². The van der Waals surface area contributed by atoms with Crippen molar-refractivity contribution in [3.05, 3.63) is 28.8 Å². The normalized spacial score (nSPS) is 12.3. The van der Waals surface area contributed by atoms with Crippen LogP contribution >= 0.6 is 11.6 Å². The molecule has 0 saturated carbocycles. The number of hydrogen-bond donors (Lipinski definition) is 0. The number of Topliss-reactive ketones (excluding diaryl/α,β-unsaturated/α-hetero) is 1. The predicted molar refractivity (Wildman–Crippen MR) is 84.8 cm³/mol. The summed E-state index contributed by atoms with van der Waals surface area (Å²) >= 11 is 6.20. The van der Waals surface area contributed by atoms with E-state index in [0.29, 0.717) is 22.9 Å². The maximum absolute atomic E-state index is 12.5. The zero-order chi connectivity index (χ0) is 15.6. The third-order valence-corrected chi connectivity index (χ3v) is 3.29. The van der Waals surface area contributed by atoms with E-state index in [9.17, 15) is 4.79 Å². The summed E-state index contributed by atoms with van der Waals surface area (Å²) in [7, 11) is 0. The molecule has 0 radical (unpaired) electrons. The quantitative estimate of drug-likeness (QED) is 0.697. The molecule has 112 valence electrons. The van der Waals surface area contributed by atoms with Crippen LogP contribution < -0.4 is 4.74 Å². The molecule has 0 atom stereocenters. The Hall–Kier alpha value is -1.02. The number of ether oxygens (including phenoxy) is 1. The molecule has 0 aliphatic rings. The van der Waals surface area contributed by atoms with Crippen molar-refractivity contribution in [2.45, 2.75) is 48.0 Å². The van der Waals surface area contributed by atoms with Gasteiger partial charge in [-0.25, -0.2) is 0 Å². The first-order valence-electron chi connectivity index (χ1n) is 6.98. The van der Waals surface area contributed by atoms with Gasteiger partial charge in [0.15, 0.2) is 5.78 Å². The Morgan fingerprint density at radius 3 is 2.25 bits per heavy atom. The summed E-state index contributed by atoms with van der Waals surface area (Å²) in [5.41, 5.74) is 0.307. The number of ketones is 1. The first-order chi connectivity index (χ1) is 9.02. The number of rotatable bonds is 4. The van der Waals surface area contributed by atoms with E-state index in [-0.39, 0.29) is 11.2 Å². The number of halogens is 1. The molecule has 0 bridgehead atoms. The fraction of sp³-hybridized carbons (Fsp3) is 0.588. The molecule has 0 saturated heterocycles. The molecule has 1 aromatic rings. The topological polar surface area (TPSA) is 26.3 Å². The molecule has 20 heavy (non-hydrogen) atoms. The van der Waals surface area contributed by atoms with Crippen LogP contribution in [0, 0.1) is 10.8 Å². The average molecular weight is 297 g/mol. The van der Waals surface area contributed by atoms with Crippen LogP contribution in [-0.2, 0) is 0 Å². The SMILES string of the molecule is CC(C)(C)CCOc1c(Cl)cccc1C(=O)C(C)(C)C. The highest BCUT2D eigenvalue weighted by atomic mass is 35.5. The van der Waals surface area contributed by atoms with Gasteiger partial charge in [-0.1, -0.05) is 59.2 Å². The summed E-state index contributed by atoms with van der Waals surface area (Å²) in [5.74, 6) is 0.559. The van der Waals surface area contributed by atoms with Crippen molar-refractivity contribution in [2.75, 3.05) is 6.61 Å². The van der Waals surface area contributed by atoms with Gasteiger partial charge in [0.1, 0.15) is 5.75 Å². The van der Waals surface area contributed by atoms with E-state index in [1.54, 1.807) is 18.2 Å². The molecule has 0 aliphatic carbocycles. The Morgan fingerprint density at radius 1 is 1.15 bits per heavy atom. The van der Waals surface area contributed by atoms with Crippen molar-refractivity contribution in [1.29, 1.82) is 0 Å². The van der Waals surface area contributed by atoms with Gasteiger partial charge in [0.2, 0.25) is 0 Å². The first kappa shape index (κ1) is 17.0. The summed E-state index contributed by atoms with van der Waals surface area (Å²) < 4.78 is 5.81. The summed E-state index contributed by atoms with van der Waals surface area (Å²) in [6.45, 7) is 12.7. The minimum atomic E-state index is -0.452. The van der Waals surface area contributed by atoms with Crippen molar-refractivity contribution < 1.29 is 9.53 Å². The number of benzene rings is 1. The van der Waals surface area contributed by atoms with Crippen molar-refractivity contribution in [3.63, 3.8) is 0 Å². The second-order valence-corrected chi connectivity index (χ2v) is 7.76. The van der Waals surface area contributed by atoms with Gasteiger partial charge in [0.25, 0.3) is 0 Å². The third-order valence-electron chi connectivity index (χ3n) is 2.99. The van der Waals surface area contributed by atoms with E-state index in [1.807, 2.05) is 20.8 Å². The Bertz CT molecular complexity index is 479. The van der Waals surface area contributed by atoms with Gasteiger partial charge in [-0.05, 0) is 24.0 Å². The minimum Gasteiger partial charge on any atom is -0.491 e. The summed E-state index contributed by atoms with van der Waals surface area (Å²) in [5, 5.41) is 0.494. The van der Waals surface area contributed by atoms with Gasteiger partial charge in [-0.2, -0.15) is 0 Å². The van der Waals surface area contributed by atoms with Crippen LogP contribution in [0.1, 0.15) is 58.3 Å². The van der Waals surface area contributed by atoms with E-state index in [4.69, 9.17) is 16.3 Å². The molecule has 1 rings (SSSR count). The molecule has 0 unspecified atom stereocenters. The molecule has 0 heterocycles. The third kappa shape index (κ3) is 4.82.